The summed E-state index contributed by atoms with van der Waals surface area (Å²) in [5, 5.41) is 0.891. The largest absolute Gasteiger partial charge is 0.397 e. The average molecular weight is 295 g/mol. The highest BCUT2D eigenvalue weighted by atomic mass is 79.9. The molecule has 2 N–H and O–H groups in total. The summed E-state index contributed by atoms with van der Waals surface area (Å²) in [5.41, 5.74) is 7.81. The number of nitrogens with two attached hydrogens (primary N) is 1. The summed E-state index contributed by atoms with van der Waals surface area (Å²) in [6.07, 6.45) is 1.76. The maximum absolute atomic E-state index is 5.82. The van der Waals surface area contributed by atoms with Gasteiger partial charge in [0.05, 0.1) is 5.69 Å². The van der Waals surface area contributed by atoms with E-state index in [9.17, 15) is 0 Å². The zero-order valence-electron chi connectivity index (χ0n) is 8.56. The number of nitrogen functional groups attached to an aromatic ring is 1. The number of hydrogen-bond donors (Lipinski definition) is 1. The molecule has 1 heterocycles. The third kappa shape index (κ3) is 3.00. The first-order valence-electron chi connectivity index (χ1n) is 4.83. The molecule has 0 saturated carbocycles. The minimum absolute atomic E-state index is 0.738. The molecule has 0 aliphatic rings. The molecule has 0 aliphatic heterocycles. The molecule has 2 rings (SSSR count). The van der Waals surface area contributed by atoms with Crippen molar-refractivity contribution in [3.8, 4) is 0 Å². The Kier molecular flexibility index (Phi) is 3.85. The van der Waals surface area contributed by atoms with E-state index in [0.717, 1.165) is 20.9 Å². The lowest BCUT2D eigenvalue weighted by Gasteiger charge is -2.04. The number of anilines is 1. The first kappa shape index (κ1) is 11.5. The van der Waals surface area contributed by atoms with Crippen molar-refractivity contribution in [1.82, 2.24) is 4.98 Å². The van der Waals surface area contributed by atoms with Gasteiger partial charge in [0, 0.05) is 16.4 Å². The van der Waals surface area contributed by atoms with Crippen molar-refractivity contribution in [1.29, 1.82) is 0 Å². The van der Waals surface area contributed by atoms with Crippen LogP contribution in [0.4, 0.5) is 5.69 Å². The monoisotopic (exact) mass is 294 g/mol. The van der Waals surface area contributed by atoms with Crippen LogP contribution in [0, 0.1) is 0 Å². The minimum atomic E-state index is 0.738. The van der Waals surface area contributed by atoms with Crippen LogP contribution >= 0.6 is 27.7 Å². The summed E-state index contributed by atoms with van der Waals surface area (Å²) >= 11 is 5.11. The molecule has 0 radical (unpaired) electrons. The van der Waals surface area contributed by atoms with Crippen LogP contribution in [0.5, 0.6) is 0 Å². The Labute approximate surface area is 107 Å². The smallest absolute Gasteiger partial charge is 0.119 e. The van der Waals surface area contributed by atoms with Crippen molar-refractivity contribution in [2.24, 2.45) is 0 Å². The van der Waals surface area contributed by atoms with Crippen LogP contribution in [0.3, 0.4) is 0 Å². The van der Waals surface area contributed by atoms with Gasteiger partial charge in [0.1, 0.15) is 5.03 Å². The highest BCUT2D eigenvalue weighted by molar-refractivity contribution is 9.10. The first-order valence-corrected chi connectivity index (χ1v) is 6.61. The molecule has 16 heavy (non-hydrogen) atoms. The van der Waals surface area contributed by atoms with Crippen LogP contribution in [0.25, 0.3) is 0 Å². The number of halogens is 1. The van der Waals surface area contributed by atoms with E-state index in [1.807, 2.05) is 24.3 Å². The molecule has 1 aromatic carbocycles. The Balaban J connectivity index is 2.05. The molecule has 0 spiro atoms. The molecular weight excluding hydrogens is 284 g/mol. The molecule has 4 heteroatoms. The molecule has 0 unspecified atom stereocenters. The molecule has 82 valence electrons. The quantitative estimate of drug-likeness (QED) is 0.877. The van der Waals surface area contributed by atoms with Gasteiger partial charge < -0.3 is 5.73 Å². The summed E-state index contributed by atoms with van der Waals surface area (Å²) in [4.78, 5) is 4.24. The van der Waals surface area contributed by atoms with Gasteiger partial charge in [0.2, 0.25) is 0 Å². The second-order valence-corrected chi connectivity index (χ2v) is 5.20. The summed E-state index contributed by atoms with van der Waals surface area (Å²) in [5.74, 6) is 0.876. The third-order valence-electron chi connectivity index (χ3n) is 2.07. The molecular formula is C12H11BrN2S. The van der Waals surface area contributed by atoms with Crippen molar-refractivity contribution in [2.75, 3.05) is 5.73 Å². The van der Waals surface area contributed by atoms with E-state index in [2.05, 4.69) is 33.0 Å². The number of aromatic nitrogens is 1. The molecule has 2 nitrogen and oxygen atoms in total. The molecule has 2 aromatic rings. The summed E-state index contributed by atoms with van der Waals surface area (Å²) in [6, 6.07) is 12.0. The highest BCUT2D eigenvalue weighted by Gasteiger charge is 2.01. The second kappa shape index (κ2) is 5.37. The SMILES string of the molecule is Nc1cccnc1SCc1cccc(Br)c1. The lowest BCUT2D eigenvalue weighted by atomic mass is 10.2. The Bertz CT molecular complexity index is 488. The van der Waals surface area contributed by atoms with Crippen LogP contribution in [0.15, 0.2) is 52.1 Å². The lowest BCUT2D eigenvalue weighted by Crippen LogP contribution is -1.91. The van der Waals surface area contributed by atoms with E-state index in [1.54, 1.807) is 18.0 Å². The number of hydrogen-bond acceptors (Lipinski definition) is 3. The summed E-state index contributed by atoms with van der Waals surface area (Å²) in [6.45, 7) is 0. The van der Waals surface area contributed by atoms with Gasteiger partial charge in [-0.15, -0.1) is 0 Å². The summed E-state index contributed by atoms with van der Waals surface area (Å²) in [7, 11) is 0. The van der Waals surface area contributed by atoms with E-state index < -0.39 is 0 Å². The topological polar surface area (TPSA) is 38.9 Å². The van der Waals surface area contributed by atoms with E-state index in [0.29, 0.717) is 0 Å². The van der Waals surface area contributed by atoms with Gasteiger partial charge in [-0.05, 0) is 29.8 Å². The van der Waals surface area contributed by atoms with Gasteiger partial charge in [-0.3, -0.25) is 0 Å². The lowest BCUT2D eigenvalue weighted by molar-refractivity contribution is 1.14. The normalized spacial score (nSPS) is 10.3. The Morgan fingerprint density at radius 1 is 1.25 bits per heavy atom. The number of rotatable bonds is 3. The molecule has 0 aliphatic carbocycles. The van der Waals surface area contributed by atoms with Crippen molar-refractivity contribution in [3.63, 3.8) is 0 Å². The van der Waals surface area contributed by atoms with Crippen LogP contribution in [-0.4, -0.2) is 4.98 Å². The Hall–Kier alpha value is -1.00. The standard InChI is InChI=1S/C12H11BrN2S/c13-10-4-1-3-9(7-10)8-16-12-11(14)5-2-6-15-12/h1-7H,8,14H2. The molecule has 1 aromatic heterocycles. The van der Waals surface area contributed by atoms with Gasteiger partial charge in [0.15, 0.2) is 0 Å². The van der Waals surface area contributed by atoms with E-state index >= 15 is 0 Å². The van der Waals surface area contributed by atoms with Crippen LogP contribution < -0.4 is 5.73 Å². The number of benzene rings is 1. The van der Waals surface area contributed by atoms with Gasteiger partial charge in [-0.1, -0.05) is 39.8 Å². The maximum Gasteiger partial charge on any atom is 0.119 e. The molecule has 0 bridgehead atoms. The minimum Gasteiger partial charge on any atom is -0.397 e. The Morgan fingerprint density at radius 3 is 2.88 bits per heavy atom. The number of pyridine rings is 1. The predicted molar refractivity (Wildman–Crippen MR) is 72.4 cm³/mol. The zero-order chi connectivity index (χ0) is 11.4. The van der Waals surface area contributed by atoms with Crippen molar-refractivity contribution in [3.05, 3.63) is 52.6 Å². The number of nitrogens with zero attached hydrogens (tertiary/aromatic N) is 1. The van der Waals surface area contributed by atoms with Crippen LogP contribution in [0.1, 0.15) is 5.56 Å². The molecule has 0 amide bonds. The number of thioether (sulfide) groups is 1. The van der Waals surface area contributed by atoms with E-state index in [4.69, 9.17) is 5.73 Å². The fourth-order valence-corrected chi connectivity index (χ4v) is 2.60. The van der Waals surface area contributed by atoms with Gasteiger partial charge >= 0.3 is 0 Å². The van der Waals surface area contributed by atoms with Crippen LogP contribution in [-0.2, 0) is 5.75 Å². The van der Waals surface area contributed by atoms with Crippen molar-refractivity contribution >= 4 is 33.4 Å². The zero-order valence-corrected chi connectivity index (χ0v) is 11.0. The maximum atomic E-state index is 5.82. The summed E-state index contributed by atoms with van der Waals surface area (Å²) < 4.78 is 1.10. The second-order valence-electron chi connectivity index (χ2n) is 3.32. The Morgan fingerprint density at radius 2 is 2.12 bits per heavy atom. The van der Waals surface area contributed by atoms with Crippen molar-refractivity contribution in [2.45, 2.75) is 10.8 Å². The van der Waals surface area contributed by atoms with Gasteiger partial charge in [-0.25, -0.2) is 4.98 Å². The van der Waals surface area contributed by atoms with Gasteiger partial charge in [-0.2, -0.15) is 0 Å². The van der Waals surface area contributed by atoms with Crippen LogP contribution in [0.2, 0.25) is 0 Å². The highest BCUT2D eigenvalue weighted by Crippen LogP contribution is 2.26. The van der Waals surface area contributed by atoms with E-state index in [-0.39, 0.29) is 0 Å². The fourth-order valence-electron chi connectivity index (χ4n) is 1.30. The first-order chi connectivity index (χ1) is 7.75. The fraction of sp³-hybridized carbons (Fsp3) is 0.0833. The average Bonchev–Trinajstić information content (AvgIpc) is 2.28. The van der Waals surface area contributed by atoms with E-state index in [1.165, 1.54) is 5.56 Å². The molecule has 0 saturated heterocycles. The molecule has 0 fully saturated rings. The van der Waals surface area contributed by atoms with Crippen molar-refractivity contribution < 1.29 is 0 Å². The van der Waals surface area contributed by atoms with Gasteiger partial charge in [0.25, 0.3) is 0 Å². The predicted octanol–water partition coefficient (Wildman–Crippen LogP) is 3.72. The molecule has 0 atom stereocenters. The third-order valence-corrected chi connectivity index (χ3v) is 3.65.